The minimum Gasteiger partial charge on any atom is -0.462 e. The van der Waals surface area contributed by atoms with E-state index < -0.39 is 57.8 Å². The summed E-state index contributed by atoms with van der Waals surface area (Å²) in [5, 5.41) is 9.81. The van der Waals surface area contributed by atoms with Crippen molar-refractivity contribution >= 4 is 25.7 Å². The van der Waals surface area contributed by atoms with Crippen LogP contribution in [0, 0.1) is 0 Å². The van der Waals surface area contributed by atoms with Crippen LogP contribution in [0.15, 0.2) is 134 Å². The second kappa shape index (κ2) is 54.9. The third kappa shape index (κ3) is 52.5. The lowest BCUT2D eigenvalue weighted by Gasteiger charge is -2.21. The molecule has 0 radical (unpaired) electrons. The molecule has 2 N–H and O–H groups in total. The predicted molar refractivity (Wildman–Crippen MR) is 306 cm³/mol. The van der Waals surface area contributed by atoms with Gasteiger partial charge in [-0.3, -0.25) is 23.4 Å². The number of hydrogen-bond donors (Lipinski definition) is 2. The Morgan fingerprint density at radius 3 is 1.07 bits per heavy atom. The number of aliphatic hydroxyl groups excluding tert-OH is 1. The zero-order valence-corrected chi connectivity index (χ0v) is 46.9. The van der Waals surface area contributed by atoms with Crippen LogP contribution < -0.4 is 0 Å². The van der Waals surface area contributed by atoms with E-state index in [1.165, 1.54) is 0 Å². The lowest BCUT2D eigenvalue weighted by molar-refractivity contribution is -0.161. The molecule has 0 bridgehead atoms. The smallest absolute Gasteiger partial charge is 0.462 e. The number of phosphoric ester groups is 1. The second-order valence-corrected chi connectivity index (χ2v) is 19.4. The van der Waals surface area contributed by atoms with E-state index in [-0.39, 0.29) is 25.9 Å². The molecule has 3 atom stereocenters. The number of unbranched alkanes of at least 4 members (excludes halogenated alkanes) is 11. The van der Waals surface area contributed by atoms with Crippen molar-refractivity contribution in [2.75, 3.05) is 26.4 Å². The molecule has 418 valence electrons. The highest BCUT2D eigenvalue weighted by Crippen LogP contribution is 2.43. The lowest BCUT2D eigenvalue weighted by atomic mass is 10.1. The van der Waals surface area contributed by atoms with Gasteiger partial charge in [-0.15, -0.1) is 0 Å². The normalized spacial score (nSPS) is 14.4. The maximum atomic E-state index is 12.9. The van der Waals surface area contributed by atoms with Crippen LogP contribution >= 0.6 is 7.82 Å². The van der Waals surface area contributed by atoms with E-state index in [4.69, 9.17) is 23.3 Å². The van der Waals surface area contributed by atoms with Crippen molar-refractivity contribution in [2.45, 2.75) is 213 Å². The van der Waals surface area contributed by atoms with Crippen LogP contribution in [-0.2, 0) is 42.2 Å². The monoisotopic (exact) mass is 1050 g/mol. The minimum absolute atomic E-state index is 0.0936. The molecule has 0 spiro atoms. The quantitative estimate of drug-likeness (QED) is 0.0197. The fourth-order valence-electron chi connectivity index (χ4n) is 6.90. The van der Waals surface area contributed by atoms with Crippen LogP contribution in [0.25, 0.3) is 0 Å². The Balaban J connectivity index is 4.84. The van der Waals surface area contributed by atoms with Crippen LogP contribution in [0.5, 0.6) is 0 Å². The molecule has 12 heteroatoms. The van der Waals surface area contributed by atoms with E-state index in [0.717, 1.165) is 141 Å². The first-order valence-corrected chi connectivity index (χ1v) is 29.6. The van der Waals surface area contributed by atoms with Gasteiger partial charge < -0.3 is 24.2 Å². The van der Waals surface area contributed by atoms with Gasteiger partial charge in [-0.2, -0.15) is 0 Å². The van der Waals surface area contributed by atoms with Crippen LogP contribution in [-0.4, -0.2) is 66.5 Å². The van der Waals surface area contributed by atoms with Gasteiger partial charge in [0, 0.05) is 19.3 Å². The Labute approximate surface area is 449 Å². The topological polar surface area (TPSA) is 155 Å². The molecule has 0 aromatic carbocycles. The number of aliphatic hydroxyl groups is 1. The molecule has 11 nitrogen and oxygen atoms in total. The van der Waals surface area contributed by atoms with Crippen molar-refractivity contribution in [3.63, 3.8) is 0 Å². The summed E-state index contributed by atoms with van der Waals surface area (Å²) in [7, 11) is -4.78. The van der Waals surface area contributed by atoms with E-state index in [1.54, 1.807) is 0 Å². The second-order valence-electron chi connectivity index (χ2n) is 18.0. The highest BCUT2D eigenvalue weighted by Gasteiger charge is 2.28. The molecule has 0 aliphatic heterocycles. The summed E-state index contributed by atoms with van der Waals surface area (Å²) in [6, 6.07) is 0. The maximum absolute atomic E-state index is 12.9. The molecule has 0 aromatic heterocycles. The Bertz CT molecular complexity index is 1750. The molecule has 0 heterocycles. The van der Waals surface area contributed by atoms with Crippen LogP contribution in [0.3, 0.4) is 0 Å². The summed E-state index contributed by atoms with van der Waals surface area (Å²) in [6.07, 6.45) is 68.6. The fraction of sp³-hybridized carbons (Fsp3) is 0.597. The molecule has 0 saturated heterocycles. The average molecular weight is 1050 g/mol. The summed E-state index contributed by atoms with van der Waals surface area (Å²) in [5.41, 5.74) is 0. The first-order chi connectivity index (χ1) is 36.2. The summed E-state index contributed by atoms with van der Waals surface area (Å²) in [4.78, 5) is 48.5. The molecular weight excluding hydrogens is 952 g/mol. The third-order valence-electron chi connectivity index (χ3n) is 11.1. The van der Waals surface area contributed by atoms with Gasteiger partial charge in [0.05, 0.1) is 19.8 Å². The van der Waals surface area contributed by atoms with Gasteiger partial charge in [0.2, 0.25) is 0 Å². The van der Waals surface area contributed by atoms with E-state index in [2.05, 4.69) is 142 Å². The Morgan fingerprint density at radius 1 is 0.378 bits per heavy atom. The average Bonchev–Trinajstić information content (AvgIpc) is 3.39. The number of phosphoric acid groups is 1. The minimum atomic E-state index is -4.78. The molecule has 3 unspecified atom stereocenters. The number of ether oxygens (including phenoxy) is 3. The molecule has 0 aromatic rings. The van der Waals surface area contributed by atoms with Crippen molar-refractivity contribution in [1.29, 1.82) is 0 Å². The van der Waals surface area contributed by atoms with Crippen molar-refractivity contribution < 1.29 is 52.2 Å². The number of allylic oxidation sites excluding steroid dienone is 22. The molecular formula is C62H99O11P. The standard InChI is InChI=1S/C62H99O11P/c1-4-7-10-13-16-19-22-25-27-28-29-30-32-35-38-41-44-47-50-53-62(66)73-59(55-69-60(64)51-48-45-42-39-36-33-24-21-18-15-12-9-6-3)57-71-74(67,68)70-56-58(54-63)72-61(65)52-49-46-43-40-37-34-31-26-23-20-17-14-11-8-5-2/h7-12,16-21,25-27,29-31,33,36,42,45,58-59,63H,4-6,13-15,22-24,28,32,34-35,37-41,43-44,46-57H2,1-3H3,(H,67,68)/b10-7-,11-8-,12-9-,19-16-,20-17-,21-18-,27-25-,30-29-,31-26-,36-33-,45-42-. The zero-order chi connectivity index (χ0) is 54.1. The van der Waals surface area contributed by atoms with E-state index in [9.17, 15) is 28.9 Å². The highest BCUT2D eigenvalue weighted by atomic mass is 31.2. The van der Waals surface area contributed by atoms with Gasteiger partial charge in [0.25, 0.3) is 0 Å². The Hall–Kier alpha value is -4.38. The highest BCUT2D eigenvalue weighted by molar-refractivity contribution is 7.47. The lowest BCUT2D eigenvalue weighted by Crippen LogP contribution is -2.30. The number of carbonyl (C=O) groups excluding carboxylic acids is 3. The predicted octanol–water partition coefficient (Wildman–Crippen LogP) is 16.6. The van der Waals surface area contributed by atoms with Crippen LogP contribution in [0.1, 0.15) is 201 Å². The number of esters is 3. The maximum Gasteiger partial charge on any atom is 0.472 e. The number of carbonyl (C=O) groups is 3. The van der Waals surface area contributed by atoms with Crippen LogP contribution in [0.2, 0.25) is 0 Å². The summed E-state index contributed by atoms with van der Waals surface area (Å²) >= 11 is 0. The molecule has 0 aliphatic carbocycles. The SMILES string of the molecule is CC/C=C\C/C=C\C/C=C\C/C=C\CCCCCCCCC(=O)OC(COC(=O)CC/C=C\C/C=C\C/C=C\C/C=C\CC)COP(=O)(O)OCC(CO)OC(=O)CCCCCCC/C=C\C/C=C\C/C=C\CC. The molecule has 0 amide bonds. The molecule has 74 heavy (non-hydrogen) atoms. The van der Waals surface area contributed by atoms with Gasteiger partial charge >= 0.3 is 25.7 Å². The number of rotatable bonds is 50. The van der Waals surface area contributed by atoms with Crippen molar-refractivity contribution in [3.8, 4) is 0 Å². The molecule has 0 fully saturated rings. The van der Waals surface area contributed by atoms with Crippen molar-refractivity contribution in [1.82, 2.24) is 0 Å². The molecule has 0 aliphatic rings. The largest absolute Gasteiger partial charge is 0.472 e. The van der Waals surface area contributed by atoms with Gasteiger partial charge in [0.1, 0.15) is 12.7 Å². The van der Waals surface area contributed by atoms with E-state index in [0.29, 0.717) is 19.3 Å². The van der Waals surface area contributed by atoms with Gasteiger partial charge in [-0.25, -0.2) is 4.57 Å². The zero-order valence-electron chi connectivity index (χ0n) is 46.0. The molecule has 0 saturated carbocycles. The summed E-state index contributed by atoms with van der Waals surface area (Å²) in [5.74, 6) is -1.61. The first-order valence-electron chi connectivity index (χ1n) is 28.1. The summed E-state index contributed by atoms with van der Waals surface area (Å²) in [6.45, 7) is 4.16. The Kier molecular flexibility index (Phi) is 51.6. The number of hydrogen-bond acceptors (Lipinski definition) is 10. The van der Waals surface area contributed by atoms with Crippen molar-refractivity contribution in [2.24, 2.45) is 0 Å². The van der Waals surface area contributed by atoms with E-state index in [1.807, 2.05) is 12.2 Å². The van der Waals surface area contributed by atoms with Gasteiger partial charge in [-0.05, 0) is 116 Å². The summed E-state index contributed by atoms with van der Waals surface area (Å²) < 4.78 is 39.4. The van der Waals surface area contributed by atoms with E-state index >= 15 is 0 Å². The fourth-order valence-corrected chi connectivity index (χ4v) is 7.69. The third-order valence-corrected chi connectivity index (χ3v) is 12.0. The van der Waals surface area contributed by atoms with Crippen LogP contribution in [0.4, 0.5) is 0 Å². The van der Waals surface area contributed by atoms with Gasteiger partial charge in [-0.1, -0.05) is 199 Å². The van der Waals surface area contributed by atoms with Crippen molar-refractivity contribution in [3.05, 3.63) is 134 Å². The molecule has 0 rings (SSSR count). The first kappa shape index (κ1) is 69.6. The van der Waals surface area contributed by atoms with Gasteiger partial charge in [0.15, 0.2) is 6.10 Å². The Morgan fingerprint density at radius 2 is 0.689 bits per heavy atom.